The third kappa shape index (κ3) is 5.56. The third-order valence-corrected chi connectivity index (χ3v) is 5.62. The van der Waals surface area contributed by atoms with E-state index in [9.17, 15) is 4.79 Å². The summed E-state index contributed by atoms with van der Waals surface area (Å²) in [4.78, 5) is 12.5. The molecule has 2 heterocycles. The number of nitrogens with one attached hydrogen (secondary N) is 2. The van der Waals surface area contributed by atoms with Crippen molar-refractivity contribution in [1.82, 2.24) is 15.1 Å². The van der Waals surface area contributed by atoms with E-state index in [0.29, 0.717) is 24.5 Å². The number of hydrogen-bond donors (Lipinski definition) is 2. The van der Waals surface area contributed by atoms with Crippen LogP contribution in [0.15, 0.2) is 24.4 Å². The number of hydrogen-bond acceptors (Lipinski definition) is 6. The zero-order valence-corrected chi connectivity index (χ0v) is 18.0. The van der Waals surface area contributed by atoms with Gasteiger partial charge in [-0.15, -0.1) is 12.4 Å². The number of nitrogens with zero attached hydrogens (tertiary/aromatic N) is 2. The summed E-state index contributed by atoms with van der Waals surface area (Å²) in [5.74, 6) is 4.17. The maximum atomic E-state index is 12.5. The molecule has 0 spiro atoms. The molecule has 154 valence electrons. The first kappa shape index (κ1) is 22.4. The van der Waals surface area contributed by atoms with Crippen molar-refractivity contribution in [3.05, 3.63) is 35.5 Å². The highest BCUT2D eigenvalue weighted by Gasteiger charge is 2.19. The predicted octanol–water partition coefficient (Wildman–Crippen LogP) is 2.71. The number of aromatic nitrogens is 2. The Balaban J connectivity index is 0.00000280. The first-order valence-corrected chi connectivity index (χ1v) is 10.1. The van der Waals surface area contributed by atoms with Crippen LogP contribution < -0.4 is 20.1 Å². The molecule has 1 fully saturated rings. The molecule has 0 aliphatic carbocycles. The van der Waals surface area contributed by atoms with Crippen molar-refractivity contribution < 1.29 is 14.3 Å². The van der Waals surface area contributed by atoms with Crippen molar-refractivity contribution in [2.75, 3.05) is 37.6 Å². The summed E-state index contributed by atoms with van der Waals surface area (Å²) in [6.45, 7) is 3.43. The van der Waals surface area contributed by atoms with Gasteiger partial charge in [0.2, 0.25) is 5.91 Å². The molecule has 1 aliphatic rings. The molecular formula is C19H27ClN4O3S. The summed E-state index contributed by atoms with van der Waals surface area (Å²) < 4.78 is 12.5. The van der Waals surface area contributed by atoms with Crippen LogP contribution in [0.1, 0.15) is 17.5 Å². The zero-order chi connectivity index (χ0) is 19.2. The fourth-order valence-electron chi connectivity index (χ4n) is 3.07. The van der Waals surface area contributed by atoms with E-state index in [2.05, 4.69) is 15.7 Å². The van der Waals surface area contributed by atoms with Gasteiger partial charge in [0.05, 0.1) is 27.0 Å². The minimum absolute atomic E-state index is 0. The van der Waals surface area contributed by atoms with Crippen LogP contribution in [0.3, 0.4) is 0 Å². The zero-order valence-electron chi connectivity index (χ0n) is 16.4. The van der Waals surface area contributed by atoms with Crippen LogP contribution in [0, 0.1) is 6.92 Å². The van der Waals surface area contributed by atoms with Gasteiger partial charge in [0.1, 0.15) is 5.82 Å². The van der Waals surface area contributed by atoms with Crippen LogP contribution in [0.4, 0.5) is 5.82 Å². The Morgan fingerprint density at radius 2 is 2.14 bits per heavy atom. The van der Waals surface area contributed by atoms with E-state index in [0.717, 1.165) is 35.0 Å². The van der Waals surface area contributed by atoms with Crippen molar-refractivity contribution in [3.63, 3.8) is 0 Å². The Labute approximate surface area is 176 Å². The molecule has 1 saturated heterocycles. The fraction of sp³-hybridized carbons (Fsp3) is 0.474. The second-order valence-electron chi connectivity index (χ2n) is 6.50. The number of methoxy groups -OCH3 is 2. The highest BCUT2D eigenvalue weighted by Crippen LogP contribution is 2.28. The van der Waals surface area contributed by atoms with Gasteiger partial charge >= 0.3 is 0 Å². The molecule has 3 rings (SSSR count). The summed E-state index contributed by atoms with van der Waals surface area (Å²) in [5.41, 5.74) is 1.95. The number of thioether (sulfide) groups is 1. The Morgan fingerprint density at radius 1 is 1.36 bits per heavy atom. The van der Waals surface area contributed by atoms with Crippen molar-refractivity contribution >= 4 is 35.9 Å². The number of carbonyl (C=O) groups is 1. The number of carbonyl (C=O) groups excluding carboxylic acids is 1. The Bertz CT molecular complexity index is 793. The first-order chi connectivity index (χ1) is 13.1. The van der Waals surface area contributed by atoms with E-state index in [4.69, 9.17) is 9.47 Å². The lowest BCUT2D eigenvalue weighted by molar-refractivity contribution is -0.116. The number of aryl methyl sites for hydroxylation is 1. The number of amides is 1. The molecule has 1 unspecified atom stereocenters. The van der Waals surface area contributed by atoms with E-state index >= 15 is 0 Å². The number of anilines is 1. The minimum atomic E-state index is 0. The van der Waals surface area contributed by atoms with Gasteiger partial charge < -0.3 is 20.1 Å². The van der Waals surface area contributed by atoms with Gasteiger partial charge in [0.15, 0.2) is 11.5 Å². The maximum Gasteiger partial charge on any atom is 0.227 e. The van der Waals surface area contributed by atoms with Gasteiger partial charge in [-0.1, -0.05) is 6.07 Å². The van der Waals surface area contributed by atoms with E-state index in [-0.39, 0.29) is 24.4 Å². The summed E-state index contributed by atoms with van der Waals surface area (Å²) in [6, 6.07) is 5.98. The van der Waals surface area contributed by atoms with Crippen LogP contribution in [0.2, 0.25) is 0 Å². The monoisotopic (exact) mass is 426 g/mol. The van der Waals surface area contributed by atoms with Gasteiger partial charge in [-0.25, -0.2) is 4.68 Å². The van der Waals surface area contributed by atoms with Crippen molar-refractivity contribution in [2.45, 2.75) is 25.9 Å². The molecule has 28 heavy (non-hydrogen) atoms. The fourth-order valence-corrected chi connectivity index (χ4v) is 4.02. The maximum absolute atomic E-state index is 12.5. The molecule has 1 aromatic heterocycles. The van der Waals surface area contributed by atoms with E-state index < -0.39 is 0 Å². The Kier molecular flexibility index (Phi) is 8.47. The molecule has 1 amide bonds. The van der Waals surface area contributed by atoms with Gasteiger partial charge in [0.25, 0.3) is 0 Å². The van der Waals surface area contributed by atoms with Gasteiger partial charge in [-0.05, 0) is 24.6 Å². The molecule has 2 N–H and O–H groups in total. The van der Waals surface area contributed by atoms with Gasteiger partial charge in [-0.3, -0.25) is 4.79 Å². The number of benzene rings is 1. The van der Waals surface area contributed by atoms with Crippen LogP contribution in [-0.2, 0) is 11.3 Å². The minimum Gasteiger partial charge on any atom is -0.493 e. The van der Waals surface area contributed by atoms with Crippen LogP contribution in [0.25, 0.3) is 0 Å². The highest BCUT2D eigenvalue weighted by atomic mass is 35.5. The van der Waals surface area contributed by atoms with Gasteiger partial charge in [0, 0.05) is 36.1 Å². The molecule has 7 nitrogen and oxygen atoms in total. The topological polar surface area (TPSA) is 77.4 Å². The normalized spacial score (nSPS) is 16.2. The second kappa shape index (κ2) is 10.6. The van der Waals surface area contributed by atoms with Crippen LogP contribution >= 0.6 is 24.2 Å². The SMILES string of the molecule is COc1ccc(Cn2ncc(C)c2NC(=O)CC2CSCCN2)cc1OC.Cl. The van der Waals surface area contributed by atoms with Crippen molar-refractivity contribution in [2.24, 2.45) is 0 Å². The molecule has 0 bridgehead atoms. The Morgan fingerprint density at radius 3 is 2.82 bits per heavy atom. The molecule has 9 heteroatoms. The lowest BCUT2D eigenvalue weighted by Crippen LogP contribution is -2.40. The average molecular weight is 427 g/mol. The van der Waals surface area contributed by atoms with Crippen molar-refractivity contribution in [3.8, 4) is 11.5 Å². The Hall–Kier alpha value is -1.90. The number of rotatable bonds is 7. The number of ether oxygens (including phenoxy) is 2. The van der Waals surface area contributed by atoms with Crippen molar-refractivity contribution in [1.29, 1.82) is 0 Å². The molecule has 1 aromatic carbocycles. The third-order valence-electron chi connectivity index (χ3n) is 4.49. The average Bonchev–Trinajstić information content (AvgIpc) is 3.02. The summed E-state index contributed by atoms with van der Waals surface area (Å²) in [6.07, 6.45) is 2.24. The predicted molar refractivity (Wildman–Crippen MR) is 115 cm³/mol. The molecule has 0 saturated carbocycles. The smallest absolute Gasteiger partial charge is 0.227 e. The highest BCUT2D eigenvalue weighted by molar-refractivity contribution is 7.99. The standard InChI is InChI=1S/C19H26N4O3S.ClH/c1-13-10-21-23(11-14-4-5-16(25-2)17(8-14)26-3)19(13)22-18(24)9-15-12-27-7-6-20-15;/h4-5,8,10,15,20H,6-7,9,11-12H2,1-3H3,(H,22,24);1H. The molecule has 1 atom stereocenters. The molecule has 1 aliphatic heterocycles. The lowest BCUT2D eigenvalue weighted by atomic mass is 10.2. The molecule has 2 aromatic rings. The summed E-state index contributed by atoms with van der Waals surface area (Å²) >= 11 is 1.89. The number of halogens is 1. The lowest BCUT2D eigenvalue weighted by Gasteiger charge is -2.22. The van der Waals surface area contributed by atoms with Gasteiger partial charge in [-0.2, -0.15) is 16.9 Å². The van der Waals surface area contributed by atoms with E-state index in [1.54, 1.807) is 25.1 Å². The first-order valence-electron chi connectivity index (χ1n) is 8.95. The summed E-state index contributed by atoms with van der Waals surface area (Å²) in [5, 5.41) is 10.8. The quantitative estimate of drug-likeness (QED) is 0.708. The largest absolute Gasteiger partial charge is 0.493 e. The van der Waals surface area contributed by atoms with Crippen LogP contribution in [0.5, 0.6) is 11.5 Å². The second-order valence-corrected chi connectivity index (χ2v) is 7.65. The van der Waals surface area contributed by atoms with E-state index in [1.807, 2.05) is 36.9 Å². The van der Waals surface area contributed by atoms with Crippen LogP contribution in [-0.4, -0.2) is 54.0 Å². The molecule has 0 radical (unpaired) electrons. The summed E-state index contributed by atoms with van der Waals surface area (Å²) in [7, 11) is 3.23. The molecular weight excluding hydrogens is 400 g/mol. The van der Waals surface area contributed by atoms with E-state index in [1.165, 1.54) is 0 Å².